The molecular formula is C14H12BrFN2. The highest BCUT2D eigenvalue weighted by atomic mass is 79.9. The van der Waals surface area contributed by atoms with E-state index in [1.807, 2.05) is 12.1 Å². The second kappa shape index (κ2) is 4.28. The van der Waals surface area contributed by atoms with Crippen LogP contribution in [0.15, 0.2) is 40.9 Å². The molecule has 2 nitrogen and oxygen atoms in total. The molecule has 0 unspecified atom stereocenters. The smallest absolute Gasteiger partial charge is 0.124 e. The van der Waals surface area contributed by atoms with Crippen molar-refractivity contribution in [2.24, 2.45) is 0 Å². The summed E-state index contributed by atoms with van der Waals surface area (Å²) in [7, 11) is 0. The summed E-state index contributed by atoms with van der Waals surface area (Å²) in [5.41, 5.74) is 10.1. The van der Waals surface area contributed by atoms with Gasteiger partial charge in [0, 0.05) is 23.2 Å². The Bertz CT molecular complexity index is 613. The van der Waals surface area contributed by atoms with Crippen LogP contribution in [0.4, 0.5) is 15.8 Å². The SMILES string of the molecule is Nc1ccc2c(c1)CN(c1ccc(F)cc1Br)C2. The summed E-state index contributed by atoms with van der Waals surface area (Å²) in [5.74, 6) is -0.230. The topological polar surface area (TPSA) is 29.3 Å². The molecule has 0 amide bonds. The van der Waals surface area contributed by atoms with Gasteiger partial charge in [0.25, 0.3) is 0 Å². The molecule has 2 N–H and O–H groups in total. The van der Waals surface area contributed by atoms with Gasteiger partial charge in [-0.25, -0.2) is 4.39 Å². The van der Waals surface area contributed by atoms with Gasteiger partial charge >= 0.3 is 0 Å². The fourth-order valence-electron chi connectivity index (χ4n) is 2.32. The predicted octanol–water partition coefficient (Wildman–Crippen LogP) is 3.69. The number of hydrogen-bond donors (Lipinski definition) is 1. The Labute approximate surface area is 113 Å². The molecule has 0 atom stereocenters. The second-order valence-electron chi connectivity index (χ2n) is 4.48. The van der Waals surface area contributed by atoms with E-state index in [4.69, 9.17) is 5.73 Å². The van der Waals surface area contributed by atoms with Crippen molar-refractivity contribution in [3.8, 4) is 0 Å². The van der Waals surface area contributed by atoms with Gasteiger partial charge in [0.1, 0.15) is 5.82 Å². The van der Waals surface area contributed by atoms with E-state index in [1.54, 1.807) is 6.07 Å². The molecular weight excluding hydrogens is 295 g/mol. The van der Waals surface area contributed by atoms with Crippen LogP contribution >= 0.6 is 15.9 Å². The number of nitrogen functional groups attached to an aromatic ring is 1. The predicted molar refractivity (Wildman–Crippen MR) is 74.8 cm³/mol. The van der Waals surface area contributed by atoms with Gasteiger partial charge in [-0.3, -0.25) is 0 Å². The van der Waals surface area contributed by atoms with E-state index in [1.165, 1.54) is 23.3 Å². The minimum Gasteiger partial charge on any atom is -0.399 e. The Kier molecular flexibility index (Phi) is 2.74. The molecule has 2 aromatic rings. The third kappa shape index (κ3) is 1.97. The molecule has 4 heteroatoms. The van der Waals surface area contributed by atoms with Crippen LogP contribution < -0.4 is 10.6 Å². The van der Waals surface area contributed by atoms with E-state index in [-0.39, 0.29) is 5.82 Å². The van der Waals surface area contributed by atoms with Crippen molar-refractivity contribution in [3.63, 3.8) is 0 Å². The van der Waals surface area contributed by atoms with E-state index in [9.17, 15) is 4.39 Å². The third-order valence-electron chi connectivity index (χ3n) is 3.20. The van der Waals surface area contributed by atoms with E-state index in [0.29, 0.717) is 0 Å². The van der Waals surface area contributed by atoms with Crippen molar-refractivity contribution in [2.45, 2.75) is 13.1 Å². The van der Waals surface area contributed by atoms with E-state index < -0.39 is 0 Å². The summed E-state index contributed by atoms with van der Waals surface area (Å²) in [5, 5.41) is 0. The molecule has 0 saturated carbocycles. The average molecular weight is 307 g/mol. The summed E-state index contributed by atoms with van der Waals surface area (Å²) >= 11 is 3.41. The zero-order valence-corrected chi connectivity index (χ0v) is 11.2. The van der Waals surface area contributed by atoms with Crippen LogP contribution in [0.25, 0.3) is 0 Å². The lowest BCUT2D eigenvalue weighted by molar-refractivity contribution is 0.626. The van der Waals surface area contributed by atoms with Crippen LogP contribution in [0.3, 0.4) is 0 Å². The summed E-state index contributed by atoms with van der Waals surface area (Å²) in [6, 6.07) is 10.8. The van der Waals surface area contributed by atoms with Gasteiger partial charge in [-0.2, -0.15) is 0 Å². The van der Waals surface area contributed by atoms with Gasteiger partial charge in [0.15, 0.2) is 0 Å². The Morgan fingerprint density at radius 2 is 1.83 bits per heavy atom. The molecule has 18 heavy (non-hydrogen) atoms. The first-order valence-corrected chi connectivity index (χ1v) is 6.50. The maximum atomic E-state index is 13.1. The highest BCUT2D eigenvalue weighted by Crippen LogP contribution is 2.34. The normalized spacial score (nSPS) is 13.8. The molecule has 1 heterocycles. The number of rotatable bonds is 1. The van der Waals surface area contributed by atoms with Crippen LogP contribution in [-0.4, -0.2) is 0 Å². The van der Waals surface area contributed by atoms with Crippen molar-refractivity contribution < 1.29 is 4.39 Å². The molecule has 1 aliphatic heterocycles. The Morgan fingerprint density at radius 3 is 2.61 bits per heavy atom. The van der Waals surface area contributed by atoms with Crippen LogP contribution in [0, 0.1) is 5.82 Å². The highest BCUT2D eigenvalue weighted by molar-refractivity contribution is 9.10. The number of anilines is 2. The van der Waals surface area contributed by atoms with Gasteiger partial charge in [-0.1, -0.05) is 6.07 Å². The molecule has 1 aliphatic rings. The molecule has 0 aliphatic carbocycles. The lowest BCUT2D eigenvalue weighted by Crippen LogP contribution is -2.14. The van der Waals surface area contributed by atoms with Crippen molar-refractivity contribution in [3.05, 3.63) is 57.8 Å². The van der Waals surface area contributed by atoms with Crippen LogP contribution in [-0.2, 0) is 13.1 Å². The Balaban J connectivity index is 1.93. The van der Waals surface area contributed by atoms with E-state index in [0.717, 1.165) is 28.9 Å². The molecule has 0 spiro atoms. The van der Waals surface area contributed by atoms with Gasteiger partial charge in [-0.05, 0) is 57.4 Å². The molecule has 2 aromatic carbocycles. The van der Waals surface area contributed by atoms with Crippen molar-refractivity contribution in [1.82, 2.24) is 0 Å². The maximum absolute atomic E-state index is 13.1. The number of benzene rings is 2. The van der Waals surface area contributed by atoms with E-state index >= 15 is 0 Å². The lowest BCUT2D eigenvalue weighted by atomic mass is 10.1. The number of nitrogens with zero attached hydrogens (tertiary/aromatic N) is 1. The van der Waals surface area contributed by atoms with Crippen LogP contribution in [0.2, 0.25) is 0 Å². The van der Waals surface area contributed by atoms with Gasteiger partial charge < -0.3 is 10.6 Å². The second-order valence-corrected chi connectivity index (χ2v) is 5.33. The Hall–Kier alpha value is -1.55. The summed E-state index contributed by atoms with van der Waals surface area (Å²) < 4.78 is 13.9. The first-order valence-electron chi connectivity index (χ1n) is 5.71. The third-order valence-corrected chi connectivity index (χ3v) is 3.84. The zero-order valence-electron chi connectivity index (χ0n) is 9.66. The molecule has 0 bridgehead atoms. The summed E-state index contributed by atoms with van der Waals surface area (Å²) in [6.07, 6.45) is 0. The molecule has 92 valence electrons. The van der Waals surface area contributed by atoms with Crippen molar-refractivity contribution >= 4 is 27.3 Å². The van der Waals surface area contributed by atoms with E-state index in [2.05, 4.69) is 26.9 Å². The molecule has 0 saturated heterocycles. The average Bonchev–Trinajstić information content (AvgIpc) is 2.71. The summed E-state index contributed by atoms with van der Waals surface area (Å²) in [6.45, 7) is 1.64. The molecule has 0 aromatic heterocycles. The molecule has 0 fully saturated rings. The van der Waals surface area contributed by atoms with Crippen molar-refractivity contribution in [2.75, 3.05) is 10.6 Å². The van der Waals surface area contributed by atoms with Crippen LogP contribution in [0.5, 0.6) is 0 Å². The standard InChI is InChI=1S/C14H12BrFN2/c15-13-6-11(16)2-4-14(13)18-7-9-1-3-12(17)5-10(9)8-18/h1-6H,7-8,17H2. The molecule has 3 rings (SSSR count). The van der Waals surface area contributed by atoms with Gasteiger partial charge in [-0.15, -0.1) is 0 Å². The number of halogens is 2. The largest absolute Gasteiger partial charge is 0.399 e. The quantitative estimate of drug-likeness (QED) is 0.814. The maximum Gasteiger partial charge on any atom is 0.124 e. The minimum absolute atomic E-state index is 0.230. The molecule has 0 radical (unpaired) electrons. The van der Waals surface area contributed by atoms with Gasteiger partial charge in [0.05, 0.1) is 5.69 Å². The number of hydrogen-bond acceptors (Lipinski definition) is 2. The summed E-state index contributed by atoms with van der Waals surface area (Å²) in [4.78, 5) is 2.20. The Morgan fingerprint density at radius 1 is 1.06 bits per heavy atom. The fraction of sp³-hybridized carbons (Fsp3) is 0.143. The highest BCUT2D eigenvalue weighted by Gasteiger charge is 2.20. The number of fused-ring (bicyclic) bond motifs is 1. The monoisotopic (exact) mass is 306 g/mol. The first kappa shape index (κ1) is 11.5. The lowest BCUT2D eigenvalue weighted by Gasteiger charge is -2.19. The van der Waals surface area contributed by atoms with Crippen LogP contribution in [0.1, 0.15) is 11.1 Å². The number of nitrogens with two attached hydrogens (primary N) is 1. The first-order chi connectivity index (χ1) is 8.63. The zero-order chi connectivity index (χ0) is 12.7. The van der Waals surface area contributed by atoms with Gasteiger partial charge in [0.2, 0.25) is 0 Å². The minimum atomic E-state index is -0.230. The fourth-order valence-corrected chi connectivity index (χ4v) is 2.92. The van der Waals surface area contributed by atoms with Crippen molar-refractivity contribution in [1.29, 1.82) is 0 Å².